The molecular weight excluding hydrogens is 438 g/mol. The maximum absolute atomic E-state index is 11.9. The molecule has 0 amide bonds. The number of piperazine rings is 1. The monoisotopic (exact) mass is 469 g/mol. The molecule has 0 atom stereocenters. The van der Waals surface area contributed by atoms with Crippen molar-refractivity contribution in [1.29, 1.82) is 0 Å². The quantitative estimate of drug-likeness (QED) is 0.453. The number of aromatic carboxylic acids is 1. The van der Waals surface area contributed by atoms with Gasteiger partial charge in [-0.3, -0.25) is 4.90 Å². The number of fused-ring (bicyclic) bond motifs is 1. The van der Waals surface area contributed by atoms with E-state index in [1.54, 1.807) is 10.7 Å². The van der Waals surface area contributed by atoms with Gasteiger partial charge in [0, 0.05) is 37.4 Å². The van der Waals surface area contributed by atoms with E-state index in [4.69, 9.17) is 5.10 Å². The first-order valence-corrected chi connectivity index (χ1v) is 12.0. The van der Waals surface area contributed by atoms with Crippen molar-refractivity contribution in [3.63, 3.8) is 0 Å². The van der Waals surface area contributed by atoms with Gasteiger partial charge >= 0.3 is 5.97 Å². The molecule has 1 aliphatic heterocycles. The number of hydrogen-bond acceptors (Lipinski definition) is 5. The standard InChI is InChI=1S/C28H31N5O2/c1-19-25-23(18-24(27(34)35)29-26(25)33(30-19)22-8-6-5-7-9-22)20-10-12-21(13-11-20)31-14-16-32(17-15-31)28(2,3)4/h5-13,18H,14-17H2,1-4H3,(H,34,35). The van der Waals surface area contributed by atoms with Crippen molar-refractivity contribution < 1.29 is 9.90 Å². The summed E-state index contributed by atoms with van der Waals surface area (Å²) in [6.45, 7) is 12.8. The van der Waals surface area contributed by atoms with Gasteiger partial charge in [-0.15, -0.1) is 0 Å². The number of aryl methyl sites for hydroxylation is 1. The summed E-state index contributed by atoms with van der Waals surface area (Å²) in [7, 11) is 0. The van der Waals surface area contributed by atoms with Crippen molar-refractivity contribution >= 4 is 22.7 Å². The van der Waals surface area contributed by atoms with Gasteiger partial charge in [0.25, 0.3) is 0 Å². The first kappa shape index (κ1) is 23.1. The summed E-state index contributed by atoms with van der Waals surface area (Å²) in [5.41, 5.74) is 5.36. The molecule has 4 aromatic rings. The molecule has 0 unspecified atom stereocenters. The second kappa shape index (κ2) is 8.82. The fourth-order valence-electron chi connectivity index (χ4n) is 4.86. The number of carboxylic acids is 1. The minimum Gasteiger partial charge on any atom is -0.477 e. The fraction of sp³-hybridized carbons (Fsp3) is 0.321. The number of carbonyl (C=O) groups is 1. The summed E-state index contributed by atoms with van der Waals surface area (Å²) < 4.78 is 1.73. The molecule has 0 bridgehead atoms. The first-order chi connectivity index (χ1) is 16.7. The Kier molecular flexibility index (Phi) is 5.81. The van der Waals surface area contributed by atoms with E-state index in [2.05, 4.69) is 59.8 Å². The number of para-hydroxylation sites is 1. The van der Waals surface area contributed by atoms with Crippen molar-refractivity contribution in [3.8, 4) is 16.8 Å². The van der Waals surface area contributed by atoms with Crippen LogP contribution in [-0.4, -0.2) is 62.5 Å². The van der Waals surface area contributed by atoms with Crippen LogP contribution in [0.4, 0.5) is 5.69 Å². The summed E-state index contributed by atoms with van der Waals surface area (Å²) in [6.07, 6.45) is 0. The third kappa shape index (κ3) is 4.39. The van der Waals surface area contributed by atoms with E-state index in [0.29, 0.717) is 5.65 Å². The maximum atomic E-state index is 11.9. The number of aromatic nitrogens is 3. The highest BCUT2D eigenvalue weighted by molar-refractivity contribution is 6.00. The molecule has 180 valence electrons. The van der Waals surface area contributed by atoms with E-state index >= 15 is 0 Å². The molecule has 1 saturated heterocycles. The van der Waals surface area contributed by atoms with E-state index in [1.807, 2.05) is 37.3 Å². The number of rotatable bonds is 4. The zero-order valence-electron chi connectivity index (χ0n) is 20.7. The SMILES string of the molecule is Cc1nn(-c2ccccc2)c2nc(C(=O)O)cc(-c3ccc(N4CCN(C(C)(C)C)CC4)cc3)c12. The minimum absolute atomic E-state index is 0.00644. The summed E-state index contributed by atoms with van der Waals surface area (Å²) in [5.74, 6) is -1.06. The molecule has 7 heteroatoms. The van der Waals surface area contributed by atoms with Gasteiger partial charge in [0.15, 0.2) is 11.3 Å². The Morgan fingerprint density at radius 2 is 1.57 bits per heavy atom. The summed E-state index contributed by atoms with van der Waals surface area (Å²) in [6, 6.07) is 19.7. The Morgan fingerprint density at radius 1 is 0.914 bits per heavy atom. The molecule has 1 N–H and O–H groups in total. The highest BCUT2D eigenvalue weighted by atomic mass is 16.4. The van der Waals surface area contributed by atoms with Crippen LogP contribution in [0.3, 0.4) is 0 Å². The van der Waals surface area contributed by atoms with Crippen LogP contribution < -0.4 is 4.90 Å². The molecular formula is C28H31N5O2. The first-order valence-electron chi connectivity index (χ1n) is 12.0. The smallest absolute Gasteiger partial charge is 0.354 e. The van der Waals surface area contributed by atoms with Crippen molar-refractivity contribution in [3.05, 3.63) is 72.1 Å². The molecule has 1 fully saturated rings. The lowest BCUT2D eigenvalue weighted by atomic mass is 10.0. The number of anilines is 1. The molecule has 0 spiro atoms. The van der Waals surface area contributed by atoms with Crippen LogP contribution >= 0.6 is 0 Å². The second-order valence-electron chi connectivity index (χ2n) is 10.1. The highest BCUT2D eigenvalue weighted by Gasteiger charge is 2.26. The van der Waals surface area contributed by atoms with Gasteiger partial charge in [0.2, 0.25) is 0 Å². The van der Waals surface area contributed by atoms with Crippen molar-refractivity contribution in [2.45, 2.75) is 33.2 Å². The lowest BCUT2D eigenvalue weighted by Gasteiger charge is -2.43. The zero-order valence-corrected chi connectivity index (χ0v) is 20.7. The molecule has 0 aliphatic carbocycles. The molecule has 2 aromatic carbocycles. The van der Waals surface area contributed by atoms with Gasteiger partial charge in [0.05, 0.1) is 16.8 Å². The summed E-state index contributed by atoms with van der Waals surface area (Å²) in [5, 5.41) is 15.4. The Labute approximate surface area is 205 Å². The summed E-state index contributed by atoms with van der Waals surface area (Å²) in [4.78, 5) is 21.3. The Hall–Kier alpha value is -3.71. The molecule has 3 heterocycles. The number of hydrogen-bond donors (Lipinski definition) is 1. The third-order valence-corrected chi connectivity index (χ3v) is 6.80. The lowest BCUT2D eigenvalue weighted by molar-refractivity contribution is 0.0691. The minimum atomic E-state index is -1.06. The molecule has 0 radical (unpaired) electrons. The van der Waals surface area contributed by atoms with E-state index in [-0.39, 0.29) is 11.2 Å². The van der Waals surface area contributed by atoms with Crippen LogP contribution in [0, 0.1) is 6.92 Å². The van der Waals surface area contributed by atoms with Crippen molar-refractivity contribution in [1.82, 2.24) is 19.7 Å². The lowest BCUT2D eigenvalue weighted by Crippen LogP contribution is -2.53. The predicted octanol–water partition coefficient (Wildman–Crippen LogP) is 5.01. The van der Waals surface area contributed by atoms with E-state index in [1.165, 1.54) is 5.69 Å². The average Bonchev–Trinajstić information content (AvgIpc) is 3.20. The van der Waals surface area contributed by atoms with Crippen LogP contribution in [0.1, 0.15) is 37.0 Å². The number of pyridine rings is 1. The second-order valence-corrected chi connectivity index (χ2v) is 10.1. The molecule has 0 saturated carbocycles. The Bertz CT molecular complexity index is 1360. The van der Waals surface area contributed by atoms with Gasteiger partial charge in [-0.05, 0) is 69.2 Å². The van der Waals surface area contributed by atoms with Crippen LogP contribution in [0.2, 0.25) is 0 Å². The maximum Gasteiger partial charge on any atom is 0.354 e. The van der Waals surface area contributed by atoms with Gasteiger partial charge in [-0.25, -0.2) is 14.5 Å². The zero-order chi connectivity index (χ0) is 24.7. The van der Waals surface area contributed by atoms with Crippen LogP contribution in [0.25, 0.3) is 27.8 Å². The Balaban J connectivity index is 1.52. The molecule has 35 heavy (non-hydrogen) atoms. The summed E-state index contributed by atoms with van der Waals surface area (Å²) >= 11 is 0. The topological polar surface area (TPSA) is 74.5 Å². The highest BCUT2D eigenvalue weighted by Crippen LogP contribution is 2.33. The van der Waals surface area contributed by atoms with Gasteiger partial charge in [-0.1, -0.05) is 30.3 Å². The van der Waals surface area contributed by atoms with Gasteiger partial charge < -0.3 is 10.0 Å². The van der Waals surface area contributed by atoms with Crippen molar-refractivity contribution in [2.75, 3.05) is 31.1 Å². The van der Waals surface area contributed by atoms with E-state index in [9.17, 15) is 9.90 Å². The number of carboxylic acid groups (broad SMARTS) is 1. The van der Waals surface area contributed by atoms with Crippen molar-refractivity contribution in [2.24, 2.45) is 0 Å². The van der Waals surface area contributed by atoms with Crippen LogP contribution in [-0.2, 0) is 0 Å². The Morgan fingerprint density at radius 3 is 2.17 bits per heavy atom. The largest absolute Gasteiger partial charge is 0.477 e. The number of benzene rings is 2. The molecule has 2 aromatic heterocycles. The molecule has 1 aliphatic rings. The normalized spacial score (nSPS) is 15.0. The van der Waals surface area contributed by atoms with E-state index < -0.39 is 5.97 Å². The van der Waals surface area contributed by atoms with Gasteiger partial charge in [0.1, 0.15) is 0 Å². The van der Waals surface area contributed by atoms with E-state index in [0.717, 1.165) is 54.1 Å². The number of nitrogens with zero attached hydrogens (tertiary/aromatic N) is 5. The fourth-order valence-corrected chi connectivity index (χ4v) is 4.86. The predicted molar refractivity (Wildman–Crippen MR) is 140 cm³/mol. The third-order valence-electron chi connectivity index (χ3n) is 6.80. The van der Waals surface area contributed by atoms with Gasteiger partial charge in [-0.2, -0.15) is 5.10 Å². The van der Waals surface area contributed by atoms with Crippen LogP contribution in [0.15, 0.2) is 60.7 Å². The molecule has 5 rings (SSSR count). The van der Waals surface area contributed by atoms with Crippen LogP contribution in [0.5, 0.6) is 0 Å². The average molecular weight is 470 g/mol. The molecule has 7 nitrogen and oxygen atoms in total.